The molecule has 5 nitrogen and oxygen atoms in total. The van der Waals surface area contributed by atoms with Gasteiger partial charge in [-0.15, -0.1) is 0 Å². The number of methoxy groups -OCH3 is 1. The molecular weight excluding hydrogens is 322 g/mol. The lowest BCUT2D eigenvalue weighted by Crippen LogP contribution is -2.40. The summed E-state index contributed by atoms with van der Waals surface area (Å²) in [5.41, 5.74) is 3.75. The second kappa shape index (κ2) is 10.1. The van der Waals surface area contributed by atoms with Crippen LogP contribution in [0.5, 0.6) is 11.5 Å². The summed E-state index contributed by atoms with van der Waals surface area (Å²) in [4.78, 5) is 0. The van der Waals surface area contributed by atoms with Crippen LogP contribution in [0.1, 0.15) is 51.0 Å². The number of nitrogens with one attached hydrogen (secondary N) is 2. The minimum atomic E-state index is 0.467. The molecule has 0 atom stereocenters. The Hall–Kier alpha value is -1.82. The van der Waals surface area contributed by atoms with Crippen LogP contribution >= 0.6 is 12.2 Å². The SMILES string of the molecule is CCCOc1c(/C=N\NC(=S)NC2CCCCC2)cccc1OC. The van der Waals surface area contributed by atoms with Crippen LogP contribution in [0.3, 0.4) is 0 Å². The molecule has 0 radical (unpaired) electrons. The Kier molecular flexibility index (Phi) is 7.82. The Labute approximate surface area is 149 Å². The van der Waals surface area contributed by atoms with E-state index in [1.165, 1.54) is 32.1 Å². The smallest absolute Gasteiger partial charge is 0.187 e. The first kappa shape index (κ1) is 18.5. The highest BCUT2D eigenvalue weighted by Crippen LogP contribution is 2.30. The first-order chi connectivity index (χ1) is 11.7. The van der Waals surface area contributed by atoms with Gasteiger partial charge in [-0.05, 0) is 43.6 Å². The zero-order chi connectivity index (χ0) is 17.2. The lowest BCUT2D eigenvalue weighted by atomic mass is 9.96. The number of ether oxygens (including phenoxy) is 2. The normalized spacial score (nSPS) is 15.2. The van der Waals surface area contributed by atoms with Crippen LogP contribution in [0.15, 0.2) is 23.3 Å². The Balaban J connectivity index is 1.93. The molecule has 0 bridgehead atoms. The number of hydrogen-bond acceptors (Lipinski definition) is 4. The fourth-order valence-electron chi connectivity index (χ4n) is 2.78. The van der Waals surface area contributed by atoms with E-state index in [1.54, 1.807) is 13.3 Å². The van der Waals surface area contributed by atoms with Gasteiger partial charge in [0, 0.05) is 11.6 Å². The number of rotatable bonds is 7. The molecule has 0 aromatic heterocycles. The Bertz CT molecular complexity index is 557. The maximum absolute atomic E-state index is 5.79. The summed E-state index contributed by atoms with van der Waals surface area (Å²) < 4.78 is 11.2. The lowest BCUT2D eigenvalue weighted by Gasteiger charge is -2.23. The third-order valence-corrected chi connectivity index (χ3v) is 4.20. The van der Waals surface area contributed by atoms with Crippen LogP contribution in [-0.4, -0.2) is 31.1 Å². The van der Waals surface area contributed by atoms with Gasteiger partial charge in [-0.25, -0.2) is 0 Å². The molecule has 0 unspecified atom stereocenters. The van der Waals surface area contributed by atoms with Crippen molar-refractivity contribution in [2.24, 2.45) is 5.10 Å². The van der Waals surface area contributed by atoms with E-state index in [2.05, 4.69) is 22.8 Å². The van der Waals surface area contributed by atoms with Crippen molar-refractivity contribution in [2.75, 3.05) is 13.7 Å². The number of thiocarbonyl (C=S) groups is 1. The standard InChI is InChI=1S/C18H27N3O2S/c1-3-12-23-17-14(8-7-11-16(17)22-2)13-19-21-18(24)20-15-9-5-4-6-10-15/h7-8,11,13,15H,3-6,9-10,12H2,1-2H3,(H2,20,21,24)/b19-13-. The summed E-state index contributed by atoms with van der Waals surface area (Å²) in [6.45, 7) is 2.70. The van der Waals surface area contributed by atoms with Gasteiger partial charge in [0.2, 0.25) is 0 Å². The van der Waals surface area contributed by atoms with E-state index in [9.17, 15) is 0 Å². The second-order valence-corrected chi connectivity index (χ2v) is 6.31. The van der Waals surface area contributed by atoms with Gasteiger partial charge in [0.25, 0.3) is 0 Å². The summed E-state index contributed by atoms with van der Waals surface area (Å²) in [6, 6.07) is 6.20. The van der Waals surface area contributed by atoms with Gasteiger partial charge in [-0.2, -0.15) is 5.10 Å². The van der Waals surface area contributed by atoms with Crippen LogP contribution in [0.4, 0.5) is 0 Å². The van der Waals surface area contributed by atoms with Gasteiger partial charge in [-0.3, -0.25) is 5.43 Å². The maximum Gasteiger partial charge on any atom is 0.187 e. The molecular formula is C18H27N3O2S. The molecule has 1 aromatic carbocycles. The highest BCUT2D eigenvalue weighted by atomic mass is 32.1. The molecule has 1 aliphatic rings. The third-order valence-electron chi connectivity index (χ3n) is 3.99. The average molecular weight is 350 g/mol. The van der Waals surface area contributed by atoms with Crippen molar-refractivity contribution in [1.29, 1.82) is 0 Å². The monoisotopic (exact) mass is 349 g/mol. The first-order valence-electron chi connectivity index (χ1n) is 8.64. The Morgan fingerprint density at radius 3 is 2.83 bits per heavy atom. The minimum Gasteiger partial charge on any atom is -0.493 e. The third kappa shape index (κ3) is 5.67. The van der Waals surface area contributed by atoms with Crippen molar-refractivity contribution in [3.05, 3.63) is 23.8 Å². The number of benzene rings is 1. The maximum atomic E-state index is 5.79. The lowest BCUT2D eigenvalue weighted by molar-refractivity contribution is 0.294. The van der Waals surface area contributed by atoms with E-state index >= 15 is 0 Å². The number of hydrogen-bond donors (Lipinski definition) is 2. The quantitative estimate of drug-likeness (QED) is 0.447. The van der Waals surface area contributed by atoms with Gasteiger partial charge in [-0.1, -0.05) is 32.3 Å². The van der Waals surface area contributed by atoms with Crippen LogP contribution in [-0.2, 0) is 0 Å². The van der Waals surface area contributed by atoms with E-state index < -0.39 is 0 Å². The van der Waals surface area contributed by atoms with Crippen molar-refractivity contribution >= 4 is 23.5 Å². The fraction of sp³-hybridized carbons (Fsp3) is 0.556. The van der Waals surface area contributed by atoms with Crippen molar-refractivity contribution < 1.29 is 9.47 Å². The largest absolute Gasteiger partial charge is 0.493 e. The molecule has 1 aromatic rings. The van der Waals surface area contributed by atoms with E-state index in [0.29, 0.717) is 29.3 Å². The van der Waals surface area contributed by atoms with E-state index in [4.69, 9.17) is 21.7 Å². The van der Waals surface area contributed by atoms with Gasteiger partial charge in [0.1, 0.15) is 0 Å². The van der Waals surface area contributed by atoms with Gasteiger partial charge >= 0.3 is 0 Å². The summed E-state index contributed by atoms with van der Waals surface area (Å²) in [6.07, 6.45) is 8.86. The molecule has 0 saturated heterocycles. The van der Waals surface area contributed by atoms with Crippen LogP contribution in [0, 0.1) is 0 Å². The van der Waals surface area contributed by atoms with Crippen LogP contribution in [0.2, 0.25) is 0 Å². The molecule has 1 fully saturated rings. The molecule has 0 aliphatic heterocycles. The predicted molar refractivity (Wildman–Crippen MR) is 102 cm³/mol. The highest BCUT2D eigenvalue weighted by molar-refractivity contribution is 7.80. The van der Waals surface area contributed by atoms with E-state index in [0.717, 1.165) is 12.0 Å². The number of hydrazone groups is 1. The predicted octanol–water partition coefficient (Wildman–Crippen LogP) is 3.61. The zero-order valence-electron chi connectivity index (χ0n) is 14.5. The highest BCUT2D eigenvalue weighted by Gasteiger charge is 2.13. The van der Waals surface area contributed by atoms with E-state index in [1.807, 2.05) is 18.2 Å². The summed E-state index contributed by atoms with van der Waals surface area (Å²) in [5, 5.41) is 8.13. The molecule has 1 aliphatic carbocycles. The molecule has 24 heavy (non-hydrogen) atoms. The topological polar surface area (TPSA) is 54.9 Å². The van der Waals surface area contributed by atoms with E-state index in [-0.39, 0.29) is 0 Å². The molecule has 6 heteroatoms. The second-order valence-electron chi connectivity index (χ2n) is 5.91. The summed E-state index contributed by atoms with van der Waals surface area (Å²) in [5.74, 6) is 1.41. The summed E-state index contributed by atoms with van der Waals surface area (Å²) >= 11 is 5.31. The zero-order valence-corrected chi connectivity index (χ0v) is 15.3. The molecule has 1 saturated carbocycles. The van der Waals surface area contributed by atoms with Crippen LogP contribution < -0.4 is 20.2 Å². The van der Waals surface area contributed by atoms with Crippen LogP contribution in [0.25, 0.3) is 0 Å². The Morgan fingerprint density at radius 1 is 1.33 bits per heavy atom. The molecule has 0 heterocycles. The van der Waals surface area contributed by atoms with Gasteiger partial charge < -0.3 is 14.8 Å². The average Bonchev–Trinajstić information content (AvgIpc) is 2.61. The minimum absolute atomic E-state index is 0.467. The Morgan fingerprint density at radius 2 is 2.12 bits per heavy atom. The van der Waals surface area contributed by atoms with Gasteiger partial charge in [0.05, 0.1) is 19.9 Å². The number of nitrogens with zero attached hydrogens (tertiary/aromatic N) is 1. The molecule has 0 spiro atoms. The molecule has 0 amide bonds. The fourth-order valence-corrected chi connectivity index (χ4v) is 3.00. The molecule has 132 valence electrons. The van der Waals surface area contributed by atoms with Crippen molar-refractivity contribution in [2.45, 2.75) is 51.5 Å². The van der Waals surface area contributed by atoms with Crippen molar-refractivity contribution in [1.82, 2.24) is 10.7 Å². The molecule has 2 N–H and O–H groups in total. The number of para-hydroxylation sites is 1. The van der Waals surface area contributed by atoms with Crippen molar-refractivity contribution in [3.8, 4) is 11.5 Å². The molecule has 2 rings (SSSR count). The van der Waals surface area contributed by atoms with Crippen molar-refractivity contribution in [3.63, 3.8) is 0 Å². The van der Waals surface area contributed by atoms with Gasteiger partial charge in [0.15, 0.2) is 16.6 Å². The summed E-state index contributed by atoms with van der Waals surface area (Å²) in [7, 11) is 1.64. The first-order valence-corrected chi connectivity index (χ1v) is 9.04.